The zero-order valence-electron chi connectivity index (χ0n) is 14.0. The predicted molar refractivity (Wildman–Crippen MR) is 91.7 cm³/mol. The molecule has 2 aromatic rings. The summed E-state index contributed by atoms with van der Waals surface area (Å²) in [6.45, 7) is 4.50. The van der Waals surface area contributed by atoms with E-state index in [1.165, 1.54) is 18.4 Å². The maximum Gasteiger partial charge on any atom is 0.133 e. The highest BCUT2D eigenvalue weighted by Crippen LogP contribution is 2.29. The summed E-state index contributed by atoms with van der Waals surface area (Å²) in [4.78, 5) is 0. The SMILES string of the molecule is CCOCCc1nn(-c2ccc(OC)cc2)c2c1CCCCN2. The molecule has 0 radical (unpaired) electrons. The van der Waals surface area contributed by atoms with Gasteiger partial charge in [-0.15, -0.1) is 0 Å². The Hall–Kier alpha value is -2.01. The lowest BCUT2D eigenvalue weighted by molar-refractivity contribution is 0.150. The van der Waals surface area contributed by atoms with Gasteiger partial charge in [-0.25, -0.2) is 4.68 Å². The van der Waals surface area contributed by atoms with Gasteiger partial charge in [0.15, 0.2) is 0 Å². The molecule has 0 aliphatic carbocycles. The van der Waals surface area contributed by atoms with Crippen molar-refractivity contribution in [2.24, 2.45) is 0 Å². The summed E-state index contributed by atoms with van der Waals surface area (Å²) >= 11 is 0. The van der Waals surface area contributed by atoms with Gasteiger partial charge in [0.2, 0.25) is 0 Å². The Balaban J connectivity index is 1.94. The van der Waals surface area contributed by atoms with E-state index in [9.17, 15) is 0 Å². The molecule has 5 heteroatoms. The Morgan fingerprint density at radius 3 is 2.78 bits per heavy atom. The third-order valence-corrected chi connectivity index (χ3v) is 4.22. The second-order valence-electron chi connectivity index (χ2n) is 5.71. The fourth-order valence-electron chi connectivity index (χ4n) is 3.00. The number of methoxy groups -OCH3 is 1. The summed E-state index contributed by atoms with van der Waals surface area (Å²) in [6.07, 6.45) is 4.35. The normalized spacial score (nSPS) is 14.0. The first kappa shape index (κ1) is 15.9. The Kier molecular flexibility index (Phi) is 5.18. The predicted octanol–water partition coefficient (Wildman–Crippen LogP) is 3.21. The highest BCUT2D eigenvalue weighted by Gasteiger charge is 2.20. The van der Waals surface area contributed by atoms with Crippen molar-refractivity contribution in [3.63, 3.8) is 0 Å². The van der Waals surface area contributed by atoms with Crippen molar-refractivity contribution in [2.75, 3.05) is 32.2 Å². The third kappa shape index (κ3) is 3.50. The maximum atomic E-state index is 5.52. The van der Waals surface area contributed by atoms with Crippen LogP contribution >= 0.6 is 0 Å². The molecule has 1 aromatic carbocycles. The van der Waals surface area contributed by atoms with E-state index in [1.54, 1.807) is 7.11 Å². The van der Waals surface area contributed by atoms with Crippen LogP contribution in [0.4, 0.5) is 5.82 Å². The number of fused-ring (bicyclic) bond motifs is 1. The van der Waals surface area contributed by atoms with Gasteiger partial charge in [0.25, 0.3) is 0 Å². The molecule has 0 unspecified atom stereocenters. The van der Waals surface area contributed by atoms with Crippen LogP contribution in [0.5, 0.6) is 5.75 Å². The molecule has 1 N–H and O–H groups in total. The molecular weight excluding hydrogens is 290 g/mol. The lowest BCUT2D eigenvalue weighted by Gasteiger charge is -2.09. The first-order chi connectivity index (χ1) is 11.3. The standard InChI is InChI=1S/C18H25N3O2/c1-3-23-13-11-17-16-6-4-5-12-19-18(16)21(20-17)14-7-9-15(22-2)10-8-14/h7-10,19H,3-6,11-13H2,1-2H3. The molecular formula is C18H25N3O2. The molecule has 3 rings (SSSR count). The second-order valence-corrected chi connectivity index (χ2v) is 5.71. The maximum absolute atomic E-state index is 5.52. The molecule has 23 heavy (non-hydrogen) atoms. The van der Waals surface area contributed by atoms with Crippen molar-refractivity contribution in [3.05, 3.63) is 35.5 Å². The number of hydrogen-bond donors (Lipinski definition) is 1. The van der Waals surface area contributed by atoms with Crippen molar-refractivity contribution in [1.82, 2.24) is 9.78 Å². The molecule has 2 heterocycles. The number of benzene rings is 1. The van der Waals surface area contributed by atoms with E-state index in [0.717, 1.165) is 55.5 Å². The van der Waals surface area contributed by atoms with Crippen LogP contribution in [-0.4, -0.2) is 36.6 Å². The van der Waals surface area contributed by atoms with E-state index in [1.807, 2.05) is 35.9 Å². The fourth-order valence-corrected chi connectivity index (χ4v) is 3.00. The minimum Gasteiger partial charge on any atom is -0.497 e. The minimum absolute atomic E-state index is 0.725. The Morgan fingerprint density at radius 1 is 1.22 bits per heavy atom. The average molecular weight is 315 g/mol. The largest absolute Gasteiger partial charge is 0.497 e. The molecule has 124 valence electrons. The Bertz CT molecular complexity index is 634. The molecule has 0 amide bonds. The van der Waals surface area contributed by atoms with E-state index in [0.29, 0.717) is 0 Å². The third-order valence-electron chi connectivity index (χ3n) is 4.22. The van der Waals surface area contributed by atoms with E-state index in [2.05, 4.69) is 5.32 Å². The van der Waals surface area contributed by atoms with Crippen LogP contribution in [0.25, 0.3) is 5.69 Å². The zero-order chi connectivity index (χ0) is 16.1. The molecule has 0 spiro atoms. The molecule has 0 bridgehead atoms. The van der Waals surface area contributed by atoms with E-state index < -0.39 is 0 Å². The van der Waals surface area contributed by atoms with Crippen molar-refractivity contribution in [2.45, 2.75) is 32.6 Å². The summed E-state index contributed by atoms with van der Waals surface area (Å²) in [5, 5.41) is 8.42. The van der Waals surface area contributed by atoms with Gasteiger partial charge in [-0.3, -0.25) is 0 Å². The molecule has 5 nitrogen and oxygen atoms in total. The molecule has 0 fully saturated rings. The van der Waals surface area contributed by atoms with E-state index in [4.69, 9.17) is 14.6 Å². The van der Waals surface area contributed by atoms with Crippen LogP contribution in [0.3, 0.4) is 0 Å². The smallest absolute Gasteiger partial charge is 0.133 e. The second kappa shape index (κ2) is 7.51. The van der Waals surface area contributed by atoms with Crippen molar-refractivity contribution in [1.29, 1.82) is 0 Å². The summed E-state index contributed by atoms with van der Waals surface area (Å²) in [7, 11) is 1.68. The molecule has 0 saturated carbocycles. The number of hydrogen-bond acceptors (Lipinski definition) is 4. The number of aromatic nitrogens is 2. The first-order valence-corrected chi connectivity index (χ1v) is 8.40. The van der Waals surface area contributed by atoms with Crippen LogP contribution in [0.2, 0.25) is 0 Å². The molecule has 1 aliphatic heterocycles. The van der Waals surface area contributed by atoms with Crippen LogP contribution in [0.15, 0.2) is 24.3 Å². The summed E-state index contributed by atoms with van der Waals surface area (Å²) in [5.74, 6) is 2.00. The lowest BCUT2D eigenvalue weighted by Crippen LogP contribution is -2.07. The van der Waals surface area contributed by atoms with Gasteiger partial charge in [0.05, 0.1) is 25.1 Å². The van der Waals surface area contributed by atoms with Gasteiger partial charge >= 0.3 is 0 Å². The van der Waals surface area contributed by atoms with Crippen LogP contribution in [0.1, 0.15) is 31.0 Å². The van der Waals surface area contributed by atoms with E-state index >= 15 is 0 Å². The topological polar surface area (TPSA) is 48.3 Å². The average Bonchev–Trinajstić information content (AvgIpc) is 2.77. The summed E-state index contributed by atoms with van der Waals surface area (Å²) in [6, 6.07) is 8.04. The van der Waals surface area contributed by atoms with Gasteiger partial charge in [-0.2, -0.15) is 5.10 Å². The quantitative estimate of drug-likeness (QED) is 0.832. The van der Waals surface area contributed by atoms with Crippen LogP contribution in [0, 0.1) is 0 Å². The van der Waals surface area contributed by atoms with E-state index in [-0.39, 0.29) is 0 Å². The Morgan fingerprint density at radius 2 is 2.04 bits per heavy atom. The Labute approximate surface area is 137 Å². The molecule has 1 aliphatic rings. The molecule has 1 aromatic heterocycles. The van der Waals surface area contributed by atoms with Gasteiger partial charge in [-0.1, -0.05) is 0 Å². The van der Waals surface area contributed by atoms with Gasteiger partial charge in [0.1, 0.15) is 11.6 Å². The number of nitrogens with zero attached hydrogens (tertiary/aromatic N) is 2. The number of rotatable bonds is 6. The summed E-state index contributed by atoms with van der Waals surface area (Å²) in [5.41, 5.74) is 3.55. The van der Waals surface area contributed by atoms with Gasteiger partial charge < -0.3 is 14.8 Å². The number of anilines is 1. The zero-order valence-corrected chi connectivity index (χ0v) is 14.0. The van der Waals surface area contributed by atoms with Crippen molar-refractivity contribution >= 4 is 5.82 Å². The highest BCUT2D eigenvalue weighted by atomic mass is 16.5. The van der Waals surface area contributed by atoms with Crippen molar-refractivity contribution < 1.29 is 9.47 Å². The number of ether oxygens (including phenoxy) is 2. The van der Waals surface area contributed by atoms with Crippen LogP contribution < -0.4 is 10.1 Å². The lowest BCUT2D eigenvalue weighted by atomic mass is 10.1. The van der Waals surface area contributed by atoms with Gasteiger partial charge in [-0.05, 0) is 50.5 Å². The van der Waals surface area contributed by atoms with Crippen LogP contribution in [-0.2, 0) is 17.6 Å². The van der Waals surface area contributed by atoms with Gasteiger partial charge in [0, 0.05) is 25.1 Å². The molecule has 0 atom stereocenters. The minimum atomic E-state index is 0.725. The van der Waals surface area contributed by atoms with Crippen molar-refractivity contribution in [3.8, 4) is 11.4 Å². The highest BCUT2D eigenvalue weighted by molar-refractivity contribution is 5.54. The fraction of sp³-hybridized carbons (Fsp3) is 0.500. The summed E-state index contributed by atoms with van der Waals surface area (Å²) < 4.78 is 12.8. The first-order valence-electron chi connectivity index (χ1n) is 8.40. The molecule has 0 saturated heterocycles. The number of nitrogens with one attached hydrogen (secondary N) is 1. The monoisotopic (exact) mass is 315 g/mol.